The van der Waals surface area contributed by atoms with Crippen molar-refractivity contribution < 1.29 is 0 Å². The number of anilines is 2. The predicted octanol–water partition coefficient (Wildman–Crippen LogP) is 15.7. The average Bonchev–Trinajstić information content (AvgIpc) is 1.68. The SMILES string of the molecule is [C-]#[N+]c1ccc2c(c1)c1cc(C#N)ccc1n2-c1nc(-c2ccc([Si](c3ccccc3)(c3ccccc3)N3c4ccccc4C4(c5ccccc5-c5ccccc54)c4ccccc43)cc2)nc(-n2c3ccc([N+]#[C-])cc3c3cc([N+]#[C-])ccc32)n1. The van der Waals surface area contributed by atoms with Crippen LogP contribution < -0.4 is 20.1 Å². The largest absolute Gasteiger partial charge is 0.356 e. The smallest absolute Gasteiger partial charge is 0.257 e. The van der Waals surface area contributed by atoms with Crippen molar-refractivity contribution in [3.63, 3.8) is 0 Å². The quantitative estimate of drug-likeness (QED) is 0.0901. The Morgan fingerprint density at radius 2 is 0.776 bits per heavy atom. The topological polar surface area (TPSA) is 88.6 Å². The Morgan fingerprint density at radius 1 is 0.388 bits per heavy atom. The van der Waals surface area contributed by atoms with E-state index >= 15 is 0 Å². The molecule has 1 spiro atoms. The summed E-state index contributed by atoms with van der Waals surface area (Å²) in [6.45, 7) is 23.8. The Hall–Kier alpha value is -12.0. The maximum Gasteiger partial charge on any atom is 0.257 e. The molecule has 0 saturated heterocycles. The van der Waals surface area contributed by atoms with Gasteiger partial charge in [-0.05, 0) is 132 Å². The van der Waals surface area contributed by atoms with E-state index in [9.17, 15) is 5.26 Å². The highest BCUT2D eigenvalue weighted by molar-refractivity contribution is 7.14. The summed E-state index contributed by atoms with van der Waals surface area (Å²) in [6.07, 6.45) is 0. The lowest BCUT2D eigenvalue weighted by Gasteiger charge is -2.52. The van der Waals surface area contributed by atoms with Crippen molar-refractivity contribution in [1.29, 1.82) is 5.26 Å². The standard InChI is InChI=1S/C74H42N10Si/c1-76-49-33-39-66-58(43-49)57-42-47(46-75)30-38-65(57)82(66)72-79-71(80-73(81-72)83-67-40-34-50(77-2)44-59(67)60-45-51(78-3)35-41-68(60)83)48-31-36-54(37-32-48)85(52-18-6-4-7-19-52,53-20-8-5-9-21-53)84-69-28-16-14-26-63(69)74(64-27-15-17-29-70(64)84)61-24-12-10-22-55(61)56-23-11-13-25-62(56)74/h4-45H. The van der Waals surface area contributed by atoms with Gasteiger partial charge in [-0.25, -0.2) is 14.5 Å². The van der Waals surface area contributed by atoms with Crippen molar-refractivity contribution in [3.8, 4) is 40.5 Å². The van der Waals surface area contributed by atoms with Gasteiger partial charge in [-0.1, -0.05) is 188 Å². The molecule has 3 aromatic heterocycles. The van der Waals surface area contributed by atoms with Gasteiger partial charge >= 0.3 is 0 Å². The zero-order valence-electron chi connectivity index (χ0n) is 45.2. The molecule has 11 aromatic carbocycles. The van der Waals surface area contributed by atoms with E-state index in [2.05, 4.69) is 207 Å². The second kappa shape index (κ2) is 18.8. The van der Waals surface area contributed by atoms with Crippen LogP contribution in [0.2, 0.25) is 0 Å². The number of hydrogen-bond acceptors (Lipinski definition) is 5. The molecule has 10 nitrogen and oxygen atoms in total. The third-order valence-electron chi connectivity index (χ3n) is 17.3. The number of aromatic nitrogens is 5. The predicted molar refractivity (Wildman–Crippen MR) is 341 cm³/mol. The molecule has 0 atom stereocenters. The van der Waals surface area contributed by atoms with Gasteiger partial charge in [0.1, 0.15) is 0 Å². The maximum absolute atomic E-state index is 10.1. The molecular formula is C74H42N10Si. The van der Waals surface area contributed by atoms with Crippen LogP contribution in [0.4, 0.5) is 28.4 Å². The molecule has 0 amide bonds. The molecular weight excluding hydrogens is 1060 g/mol. The first-order valence-corrected chi connectivity index (χ1v) is 29.8. The molecule has 1 aliphatic heterocycles. The van der Waals surface area contributed by atoms with Crippen LogP contribution in [-0.4, -0.2) is 32.3 Å². The molecule has 0 saturated carbocycles. The first kappa shape index (κ1) is 48.9. The second-order valence-electron chi connectivity index (χ2n) is 21.4. The molecule has 1 aliphatic carbocycles. The number of hydrogen-bond donors (Lipinski definition) is 0. The van der Waals surface area contributed by atoms with Gasteiger partial charge in [0.25, 0.3) is 8.24 Å². The summed E-state index contributed by atoms with van der Waals surface area (Å²) in [5, 5.41) is 16.8. The number of fused-ring (bicyclic) bond motifs is 15. The van der Waals surface area contributed by atoms with Crippen LogP contribution in [-0.2, 0) is 5.41 Å². The van der Waals surface area contributed by atoms with E-state index in [-0.39, 0.29) is 0 Å². The van der Waals surface area contributed by atoms with Crippen LogP contribution in [0.15, 0.2) is 255 Å². The lowest BCUT2D eigenvalue weighted by Crippen LogP contribution is -2.77. The molecule has 11 heteroatoms. The maximum atomic E-state index is 10.1. The van der Waals surface area contributed by atoms with Gasteiger partial charge in [0.2, 0.25) is 11.9 Å². The van der Waals surface area contributed by atoms with Gasteiger partial charge in [0.15, 0.2) is 22.9 Å². The fraction of sp³-hybridized carbons (Fsp3) is 0.0135. The van der Waals surface area contributed by atoms with Crippen LogP contribution in [0.3, 0.4) is 0 Å². The van der Waals surface area contributed by atoms with Crippen molar-refractivity contribution in [1.82, 2.24) is 24.1 Å². The van der Waals surface area contributed by atoms with Crippen LogP contribution in [0, 0.1) is 31.0 Å². The van der Waals surface area contributed by atoms with Gasteiger partial charge in [-0.15, -0.1) is 0 Å². The number of rotatable bonds is 7. The molecule has 14 aromatic rings. The number of benzene rings is 11. The summed E-state index contributed by atoms with van der Waals surface area (Å²) in [6, 6.07) is 91.3. The summed E-state index contributed by atoms with van der Waals surface area (Å²) in [5.74, 6) is 1.04. The highest BCUT2D eigenvalue weighted by atomic mass is 28.3. The van der Waals surface area contributed by atoms with Crippen LogP contribution in [0.25, 0.3) is 92.6 Å². The van der Waals surface area contributed by atoms with Crippen LogP contribution in [0.5, 0.6) is 0 Å². The van der Waals surface area contributed by atoms with Gasteiger partial charge < -0.3 is 4.57 Å². The Balaban J connectivity index is 0.963. The minimum Gasteiger partial charge on any atom is -0.356 e. The Kier molecular flexibility index (Phi) is 10.8. The first-order valence-electron chi connectivity index (χ1n) is 27.8. The van der Waals surface area contributed by atoms with Gasteiger partial charge in [0, 0.05) is 22.3 Å². The Morgan fingerprint density at radius 3 is 1.22 bits per heavy atom. The second-order valence-corrected chi connectivity index (χ2v) is 25.0. The van der Waals surface area contributed by atoms with Crippen molar-refractivity contribution in [2.24, 2.45) is 0 Å². The molecule has 0 fully saturated rings. The first-order chi connectivity index (χ1) is 42.0. The lowest BCUT2D eigenvalue weighted by molar-refractivity contribution is 0.755. The van der Waals surface area contributed by atoms with Crippen LogP contribution in [0.1, 0.15) is 27.8 Å². The van der Waals surface area contributed by atoms with Crippen molar-refractivity contribution in [2.45, 2.75) is 5.41 Å². The zero-order valence-corrected chi connectivity index (χ0v) is 46.2. The molecule has 0 radical (unpaired) electrons. The van der Waals surface area contributed by atoms with E-state index < -0.39 is 13.7 Å². The summed E-state index contributed by atoms with van der Waals surface area (Å²) >= 11 is 0. The monoisotopic (exact) mass is 1100 g/mol. The normalized spacial score (nSPS) is 12.7. The highest BCUT2D eigenvalue weighted by Gasteiger charge is 2.56. The van der Waals surface area contributed by atoms with E-state index in [1.54, 1.807) is 24.3 Å². The van der Waals surface area contributed by atoms with E-state index in [4.69, 9.17) is 34.7 Å². The number of para-hydroxylation sites is 2. The third-order valence-corrected chi connectivity index (χ3v) is 22.0. The van der Waals surface area contributed by atoms with Crippen molar-refractivity contribution in [3.05, 3.63) is 317 Å². The zero-order chi connectivity index (χ0) is 57.0. The summed E-state index contributed by atoms with van der Waals surface area (Å²) < 4.78 is 6.67. The molecule has 2 aliphatic rings. The highest BCUT2D eigenvalue weighted by Crippen LogP contribution is 2.63. The number of nitrogens with zero attached hydrogens (tertiary/aromatic N) is 10. The van der Waals surface area contributed by atoms with Crippen LogP contribution >= 0.6 is 0 Å². The molecule has 0 unspecified atom stereocenters. The van der Waals surface area contributed by atoms with E-state index in [1.807, 2.05) is 57.7 Å². The number of nitriles is 1. The van der Waals surface area contributed by atoms with E-state index in [0.717, 1.165) is 65.7 Å². The minimum atomic E-state index is -3.48. The molecule has 16 rings (SSSR count). The molecule has 0 N–H and O–H groups in total. The fourth-order valence-electron chi connectivity index (χ4n) is 13.9. The van der Waals surface area contributed by atoms with E-state index in [1.165, 1.54) is 43.8 Å². The summed E-state index contributed by atoms with van der Waals surface area (Å²) in [4.78, 5) is 27.5. The minimum absolute atomic E-state index is 0.317. The van der Waals surface area contributed by atoms with Gasteiger partial charge in [-0.2, -0.15) is 20.2 Å². The molecule has 4 heterocycles. The Bertz CT molecular complexity index is 4880. The van der Waals surface area contributed by atoms with Crippen molar-refractivity contribution in [2.75, 3.05) is 4.57 Å². The van der Waals surface area contributed by atoms with Gasteiger partial charge in [-0.3, -0.25) is 9.13 Å². The van der Waals surface area contributed by atoms with Crippen molar-refractivity contribution >= 4 is 95.8 Å². The van der Waals surface area contributed by atoms with E-state index in [0.29, 0.717) is 40.3 Å². The fourth-order valence-corrected chi connectivity index (χ4v) is 18.8. The average molecular weight is 1100 g/mol. The Labute approximate surface area is 489 Å². The molecule has 0 bridgehead atoms. The third kappa shape index (κ3) is 6.91. The molecule has 392 valence electrons. The summed E-state index contributed by atoms with van der Waals surface area (Å²) in [7, 11) is -3.48. The lowest BCUT2D eigenvalue weighted by atomic mass is 9.65. The van der Waals surface area contributed by atoms with Gasteiger partial charge in [0.05, 0.1) is 58.8 Å². The molecule has 85 heavy (non-hydrogen) atoms. The summed E-state index contributed by atoms with van der Waals surface area (Å²) in [5.41, 5.74) is 14.7.